The first-order valence-electron chi connectivity index (χ1n) is 7.82. The van der Waals surface area contributed by atoms with Gasteiger partial charge in [0.25, 0.3) is 5.91 Å². The van der Waals surface area contributed by atoms with Crippen LogP contribution in [0.5, 0.6) is 11.5 Å². The molecule has 0 saturated carbocycles. The molecule has 1 amide bonds. The van der Waals surface area contributed by atoms with Crippen LogP contribution in [0.15, 0.2) is 42.5 Å². The second kappa shape index (κ2) is 7.99. The second-order valence-corrected chi connectivity index (χ2v) is 5.69. The number of halogens is 6. The van der Waals surface area contributed by atoms with Gasteiger partial charge in [-0.05, 0) is 37.3 Å². The van der Waals surface area contributed by atoms with E-state index in [2.05, 4.69) is 5.32 Å². The van der Waals surface area contributed by atoms with Gasteiger partial charge in [0.15, 0.2) is 6.10 Å². The van der Waals surface area contributed by atoms with Gasteiger partial charge in [0, 0.05) is 0 Å². The summed E-state index contributed by atoms with van der Waals surface area (Å²) in [6, 6.07) is 7.11. The maximum atomic E-state index is 12.9. The predicted octanol–water partition coefficient (Wildman–Crippen LogP) is 5.14. The number of carbonyl (C=O) groups excluding carboxylic acids is 1. The largest absolute Gasteiger partial charge is 0.495 e. The number of alkyl halides is 6. The average molecular weight is 407 g/mol. The third kappa shape index (κ3) is 5.30. The number of carbonyl (C=O) groups is 1. The minimum absolute atomic E-state index is 0.0214. The Morgan fingerprint density at radius 1 is 0.964 bits per heavy atom. The number of rotatable bonds is 5. The van der Waals surface area contributed by atoms with Gasteiger partial charge in [-0.3, -0.25) is 4.79 Å². The van der Waals surface area contributed by atoms with E-state index in [-0.39, 0.29) is 11.8 Å². The van der Waals surface area contributed by atoms with Gasteiger partial charge in [-0.15, -0.1) is 0 Å². The van der Waals surface area contributed by atoms with Gasteiger partial charge in [0.2, 0.25) is 0 Å². The lowest BCUT2D eigenvalue weighted by molar-refractivity contribution is -0.143. The topological polar surface area (TPSA) is 47.6 Å². The monoisotopic (exact) mass is 407 g/mol. The molecule has 0 fully saturated rings. The fourth-order valence-corrected chi connectivity index (χ4v) is 2.23. The summed E-state index contributed by atoms with van der Waals surface area (Å²) in [5, 5.41) is 2.44. The Kier molecular flexibility index (Phi) is 6.10. The number of ether oxygens (including phenoxy) is 2. The quantitative estimate of drug-likeness (QED) is 0.699. The number of methoxy groups -OCH3 is 1. The smallest absolute Gasteiger partial charge is 0.416 e. The molecule has 2 aromatic rings. The molecule has 0 spiro atoms. The van der Waals surface area contributed by atoms with Crippen LogP contribution in [0.4, 0.5) is 32.0 Å². The molecule has 2 rings (SSSR count). The molecular formula is C18H15F6NO3. The molecule has 0 heterocycles. The van der Waals surface area contributed by atoms with Gasteiger partial charge >= 0.3 is 12.4 Å². The molecule has 0 saturated heterocycles. The SMILES string of the molecule is COc1ccccc1NC(=O)C(C)Oc1cc(C(F)(F)F)cc(C(F)(F)F)c1. The summed E-state index contributed by atoms with van der Waals surface area (Å²) in [5.74, 6) is -1.19. The third-order valence-corrected chi connectivity index (χ3v) is 3.61. The van der Waals surface area contributed by atoms with Crippen LogP contribution in [0.25, 0.3) is 0 Å². The van der Waals surface area contributed by atoms with E-state index >= 15 is 0 Å². The number of amides is 1. The van der Waals surface area contributed by atoms with E-state index in [1.165, 1.54) is 20.1 Å². The highest BCUT2D eigenvalue weighted by atomic mass is 19.4. The maximum absolute atomic E-state index is 12.9. The first-order valence-corrected chi connectivity index (χ1v) is 7.82. The zero-order valence-corrected chi connectivity index (χ0v) is 14.6. The number of hydrogen-bond acceptors (Lipinski definition) is 3. The highest BCUT2D eigenvalue weighted by Crippen LogP contribution is 2.38. The lowest BCUT2D eigenvalue weighted by Gasteiger charge is -2.18. The van der Waals surface area contributed by atoms with Crippen molar-refractivity contribution in [2.45, 2.75) is 25.4 Å². The summed E-state index contributed by atoms with van der Waals surface area (Å²) in [6.45, 7) is 1.19. The summed E-state index contributed by atoms with van der Waals surface area (Å²) in [6.07, 6.45) is -11.4. The molecule has 0 aliphatic rings. The first-order chi connectivity index (χ1) is 12.9. The van der Waals surface area contributed by atoms with Crippen molar-refractivity contribution in [1.29, 1.82) is 0 Å². The second-order valence-electron chi connectivity index (χ2n) is 5.69. The van der Waals surface area contributed by atoms with Gasteiger partial charge in [0.05, 0.1) is 23.9 Å². The van der Waals surface area contributed by atoms with Crippen molar-refractivity contribution in [2.24, 2.45) is 0 Å². The lowest BCUT2D eigenvalue weighted by atomic mass is 10.1. The van der Waals surface area contributed by atoms with Crippen LogP contribution in [0.3, 0.4) is 0 Å². The minimum atomic E-state index is -5.01. The third-order valence-electron chi connectivity index (χ3n) is 3.61. The van der Waals surface area contributed by atoms with E-state index in [1.807, 2.05) is 0 Å². The summed E-state index contributed by atoms with van der Waals surface area (Å²) in [4.78, 5) is 12.2. The molecule has 0 bridgehead atoms. The normalized spacial score (nSPS) is 13.0. The van der Waals surface area contributed by atoms with Gasteiger partial charge in [0.1, 0.15) is 11.5 Å². The summed E-state index contributed by atoms with van der Waals surface area (Å²) in [7, 11) is 1.37. The Morgan fingerprint density at radius 2 is 1.50 bits per heavy atom. The Balaban J connectivity index is 2.25. The number of nitrogens with one attached hydrogen (secondary N) is 1. The van der Waals surface area contributed by atoms with Crippen molar-refractivity contribution in [3.05, 3.63) is 53.6 Å². The van der Waals surface area contributed by atoms with Crippen LogP contribution in [-0.2, 0) is 17.1 Å². The van der Waals surface area contributed by atoms with Gasteiger partial charge in [-0.2, -0.15) is 26.3 Å². The zero-order valence-electron chi connectivity index (χ0n) is 14.6. The van der Waals surface area contributed by atoms with Crippen molar-refractivity contribution in [2.75, 3.05) is 12.4 Å². The van der Waals surface area contributed by atoms with Gasteiger partial charge in [-0.1, -0.05) is 12.1 Å². The Bertz CT molecular complexity index is 816. The molecule has 2 aromatic carbocycles. The van der Waals surface area contributed by atoms with Crippen LogP contribution < -0.4 is 14.8 Å². The molecule has 0 aromatic heterocycles. The summed E-state index contributed by atoms with van der Waals surface area (Å²) >= 11 is 0. The van der Waals surface area contributed by atoms with Crippen LogP contribution in [0, 0.1) is 0 Å². The van der Waals surface area contributed by atoms with Crippen LogP contribution in [0.2, 0.25) is 0 Å². The van der Waals surface area contributed by atoms with Crippen molar-refractivity contribution >= 4 is 11.6 Å². The van der Waals surface area contributed by atoms with E-state index in [0.717, 1.165) is 0 Å². The number of benzene rings is 2. The Morgan fingerprint density at radius 3 is 2.00 bits per heavy atom. The van der Waals surface area contributed by atoms with E-state index in [4.69, 9.17) is 9.47 Å². The van der Waals surface area contributed by atoms with Crippen molar-refractivity contribution in [3.63, 3.8) is 0 Å². The molecule has 0 aliphatic carbocycles. The molecule has 28 heavy (non-hydrogen) atoms. The van der Waals surface area contributed by atoms with E-state index < -0.39 is 41.2 Å². The molecule has 0 aliphatic heterocycles. The van der Waals surface area contributed by atoms with E-state index in [0.29, 0.717) is 17.9 Å². The number of hydrogen-bond donors (Lipinski definition) is 1. The van der Waals surface area contributed by atoms with Crippen LogP contribution >= 0.6 is 0 Å². The van der Waals surface area contributed by atoms with Crippen molar-refractivity contribution < 1.29 is 40.6 Å². The van der Waals surface area contributed by atoms with Crippen molar-refractivity contribution in [3.8, 4) is 11.5 Å². The predicted molar refractivity (Wildman–Crippen MR) is 88.2 cm³/mol. The fourth-order valence-electron chi connectivity index (χ4n) is 2.23. The highest BCUT2D eigenvalue weighted by Gasteiger charge is 2.37. The number of para-hydroxylation sites is 2. The molecule has 1 unspecified atom stereocenters. The maximum Gasteiger partial charge on any atom is 0.416 e. The Hall–Kier alpha value is -2.91. The summed E-state index contributed by atoms with van der Waals surface area (Å²) in [5.41, 5.74) is -2.80. The minimum Gasteiger partial charge on any atom is -0.495 e. The van der Waals surface area contributed by atoms with E-state index in [1.54, 1.807) is 18.2 Å². The van der Waals surface area contributed by atoms with Gasteiger partial charge < -0.3 is 14.8 Å². The van der Waals surface area contributed by atoms with Gasteiger partial charge in [-0.25, -0.2) is 0 Å². The zero-order chi connectivity index (χ0) is 21.1. The van der Waals surface area contributed by atoms with Crippen molar-refractivity contribution in [1.82, 2.24) is 0 Å². The lowest BCUT2D eigenvalue weighted by Crippen LogP contribution is -2.30. The molecule has 152 valence electrons. The first kappa shape index (κ1) is 21.4. The Labute approximate surface area is 156 Å². The molecule has 10 heteroatoms. The molecule has 0 radical (unpaired) electrons. The van der Waals surface area contributed by atoms with Crippen LogP contribution in [0.1, 0.15) is 18.1 Å². The van der Waals surface area contributed by atoms with E-state index in [9.17, 15) is 31.1 Å². The highest BCUT2D eigenvalue weighted by molar-refractivity contribution is 5.95. The molecule has 4 nitrogen and oxygen atoms in total. The molecule has 1 atom stereocenters. The molecule has 1 N–H and O–H groups in total. The van der Waals surface area contributed by atoms with Crippen LogP contribution in [-0.4, -0.2) is 19.1 Å². The number of anilines is 1. The summed E-state index contributed by atoms with van der Waals surface area (Å²) < 4.78 is 87.4. The average Bonchev–Trinajstić information content (AvgIpc) is 2.60. The standard InChI is InChI=1S/C18H15F6NO3/c1-10(16(26)25-14-5-3-4-6-15(14)27-2)28-13-8-11(17(19,20)21)7-12(9-13)18(22,23)24/h3-10H,1-2H3,(H,25,26). The fraction of sp³-hybridized carbons (Fsp3) is 0.278. The molecular weight excluding hydrogens is 392 g/mol.